The summed E-state index contributed by atoms with van der Waals surface area (Å²) in [5, 5.41) is 10.3. The number of rotatable bonds is 12. The van der Waals surface area contributed by atoms with Gasteiger partial charge in [-0.2, -0.15) is 18.4 Å². The third kappa shape index (κ3) is 7.44. The number of nitriles is 1. The Hall–Kier alpha value is -2.63. The van der Waals surface area contributed by atoms with E-state index in [9.17, 15) is 18.4 Å². The molecule has 2 rings (SSSR count). The quantitative estimate of drug-likeness (QED) is 0.314. The van der Waals surface area contributed by atoms with Crippen molar-refractivity contribution in [2.24, 2.45) is 5.92 Å². The van der Waals surface area contributed by atoms with Crippen LogP contribution in [0, 0.1) is 17.2 Å². The Morgan fingerprint density at radius 2 is 1.56 bits per heavy atom. The maximum absolute atomic E-state index is 13.0. The van der Waals surface area contributed by atoms with Crippen molar-refractivity contribution < 1.29 is 27.4 Å². The fourth-order valence-electron chi connectivity index (χ4n) is 4.32. The van der Waals surface area contributed by atoms with Crippen LogP contribution in [0.5, 0.6) is 17.2 Å². The minimum atomic E-state index is -4.34. The van der Waals surface area contributed by atoms with Crippen LogP contribution in [0.15, 0.2) is 36.4 Å². The van der Waals surface area contributed by atoms with Crippen LogP contribution in [-0.2, 0) is 18.0 Å². The zero-order valence-corrected chi connectivity index (χ0v) is 22.6. The van der Waals surface area contributed by atoms with Crippen molar-refractivity contribution in [3.05, 3.63) is 53.1 Å². The van der Waals surface area contributed by atoms with Gasteiger partial charge in [-0.15, -0.1) is 12.4 Å². The second kappa shape index (κ2) is 13.6. The third-order valence-corrected chi connectivity index (χ3v) is 6.51. The summed E-state index contributed by atoms with van der Waals surface area (Å²) in [7, 11) is 6.57. The first kappa shape index (κ1) is 31.4. The molecule has 0 aliphatic heterocycles. The number of benzene rings is 2. The maximum Gasteiger partial charge on any atom is 0.416 e. The number of hydrogen-bond donors (Lipinski definition) is 0. The summed E-state index contributed by atoms with van der Waals surface area (Å²) in [6.07, 6.45) is -2.48. The van der Waals surface area contributed by atoms with Gasteiger partial charge in [-0.05, 0) is 68.1 Å². The normalized spacial score (nSPS) is 13.1. The van der Waals surface area contributed by atoms with E-state index in [-0.39, 0.29) is 18.3 Å². The number of hydrogen-bond acceptors (Lipinski definition) is 5. The summed E-state index contributed by atoms with van der Waals surface area (Å²) in [5.41, 5.74) is 0.0573. The van der Waals surface area contributed by atoms with Gasteiger partial charge in [0.25, 0.3) is 0 Å². The number of likely N-dealkylation sites (N-methyl/N-ethyl adjacent to an activating group) is 1. The molecule has 0 saturated heterocycles. The molecule has 0 saturated carbocycles. The van der Waals surface area contributed by atoms with Crippen molar-refractivity contribution in [2.45, 2.75) is 44.7 Å². The first-order valence-corrected chi connectivity index (χ1v) is 11.6. The third-order valence-electron chi connectivity index (χ3n) is 6.51. The van der Waals surface area contributed by atoms with Crippen molar-refractivity contribution in [3.63, 3.8) is 0 Å². The predicted octanol–water partition coefficient (Wildman–Crippen LogP) is 6.53. The van der Waals surface area contributed by atoms with Crippen LogP contribution in [0.25, 0.3) is 0 Å². The molecule has 0 aromatic heterocycles. The van der Waals surface area contributed by atoms with E-state index >= 15 is 0 Å². The molecule has 0 heterocycles. The number of alkyl halides is 3. The molecule has 0 fully saturated rings. The predicted molar refractivity (Wildman–Crippen MR) is 137 cm³/mol. The molecule has 200 valence electrons. The summed E-state index contributed by atoms with van der Waals surface area (Å²) < 4.78 is 55.3. The van der Waals surface area contributed by atoms with Crippen LogP contribution in [0.4, 0.5) is 13.2 Å². The second-order valence-corrected chi connectivity index (χ2v) is 9.01. The number of methoxy groups -OCH3 is 3. The minimum Gasteiger partial charge on any atom is -0.493 e. The lowest BCUT2D eigenvalue weighted by molar-refractivity contribution is -0.137. The molecule has 1 atom stereocenters. The number of nitrogens with zero attached hydrogens (tertiary/aromatic N) is 2. The van der Waals surface area contributed by atoms with Crippen LogP contribution in [0.2, 0.25) is 0 Å². The average Bonchev–Trinajstić information content (AvgIpc) is 2.84. The van der Waals surface area contributed by atoms with Gasteiger partial charge in [-0.3, -0.25) is 0 Å². The number of halogens is 4. The van der Waals surface area contributed by atoms with Crippen molar-refractivity contribution in [2.75, 3.05) is 41.5 Å². The van der Waals surface area contributed by atoms with Crippen LogP contribution >= 0.6 is 12.4 Å². The molecule has 0 spiro atoms. The lowest BCUT2D eigenvalue weighted by Crippen LogP contribution is -2.32. The highest BCUT2D eigenvalue weighted by molar-refractivity contribution is 5.85. The maximum atomic E-state index is 13.0. The van der Waals surface area contributed by atoms with E-state index in [2.05, 4.69) is 11.0 Å². The summed E-state index contributed by atoms with van der Waals surface area (Å²) >= 11 is 0. The first-order valence-electron chi connectivity index (χ1n) is 11.6. The van der Waals surface area contributed by atoms with Crippen molar-refractivity contribution >= 4 is 12.4 Å². The molecule has 0 bridgehead atoms. The van der Waals surface area contributed by atoms with Gasteiger partial charge >= 0.3 is 6.18 Å². The Kier molecular flexibility index (Phi) is 11.9. The Morgan fingerprint density at radius 3 is 2.03 bits per heavy atom. The topological polar surface area (TPSA) is 54.7 Å². The molecular weight excluding hydrogens is 493 g/mol. The van der Waals surface area contributed by atoms with E-state index in [0.29, 0.717) is 48.7 Å². The number of ether oxygens (including phenoxy) is 3. The Morgan fingerprint density at radius 1 is 0.944 bits per heavy atom. The lowest BCUT2D eigenvalue weighted by Gasteiger charge is -2.33. The van der Waals surface area contributed by atoms with Gasteiger partial charge in [0.1, 0.15) is 0 Å². The monoisotopic (exact) mass is 528 g/mol. The van der Waals surface area contributed by atoms with E-state index in [1.165, 1.54) is 19.2 Å². The highest BCUT2D eigenvalue weighted by atomic mass is 35.5. The fraction of sp³-hybridized carbons (Fsp3) is 0.519. The highest BCUT2D eigenvalue weighted by Crippen LogP contribution is 2.45. The van der Waals surface area contributed by atoms with Gasteiger partial charge in [-0.1, -0.05) is 32.0 Å². The van der Waals surface area contributed by atoms with Gasteiger partial charge in [0, 0.05) is 6.54 Å². The standard InChI is InChI=1S/C27H35F3N2O3.ClH/c1-19(2)26(18-31,22-16-23(33-4)25(35-6)24(17-22)34-5)12-8-13-32(3)14-11-20-9-7-10-21(15-20)27(28,29)30;/h7,9-10,15-17,19H,8,11-14H2,1-6H3;1H. The summed E-state index contributed by atoms with van der Waals surface area (Å²) in [6.45, 7) is 5.36. The summed E-state index contributed by atoms with van der Waals surface area (Å²) in [5.74, 6) is 1.50. The van der Waals surface area contributed by atoms with Gasteiger partial charge in [0.05, 0.1) is 38.4 Å². The molecule has 0 aliphatic carbocycles. The summed E-state index contributed by atoms with van der Waals surface area (Å²) in [4.78, 5) is 2.08. The fourth-order valence-corrected chi connectivity index (χ4v) is 4.32. The zero-order chi connectivity index (χ0) is 26.2. The molecule has 1 unspecified atom stereocenters. The Balaban J connectivity index is 0.00000648. The van der Waals surface area contributed by atoms with E-state index < -0.39 is 17.2 Å². The largest absolute Gasteiger partial charge is 0.493 e. The summed E-state index contributed by atoms with van der Waals surface area (Å²) in [6, 6.07) is 11.7. The van der Waals surface area contributed by atoms with Crippen molar-refractivity contribution in [3.8, 4) is 23.3 Å². The first-order chi connectivity index (χ1) is 16.5. The molecule has 9 heteroatoms. The van der Waals surface area contributed by atoms with E-state index in [1.807, 2.05) is 33.0 Å². The molecule has 0 aliphatic rings. The van der Waals surface area contributed by atoms with Gasteiger partial charge in [0.2, 0.25) is 5.75 Å². The molecular formula is C27H36ClF3N2O3. The molecule has 2 aromatic rings. The van der Waals surface area contributed by atoms with E-state index in [0.717, 1.165) is 18.1 Å². The van der Waals surface area contributed by atoms with E-state index in [1.54, 1.807) is 20.3 Å². The zero-order valence-electron chi connectivity index (χ0n) is 21.7. The van der Waals surface area contributed by atoms with Gasteiger partial charge in [-0.25, -0.2) is 0 Å². The van der Waals surface area contributed by atoms with Gasteiger partial charge in [0.15, 0.2) is 11.5 Å². The van der Waals surface area contributed by atoms with Crippen LogP contribution < -0.4 is 14.2 Å². The highest BCUT2D eigenvalue weighted by Gasteiger charge is 2.37. The lowest BCUT2D eigenvalue weighted by atomic mass is 9.69. The molecule has 36 heavy (non-hydrogen) atoms. The van der Waals surface area contributed by atoms with Crippen LogP contribution in [0.3, 0.4) is 0 Å². The molecule has 0 amide bonds. The molecule has 0 N–H and O–H groups in total. The molecule has 5 nitrogen and oxygen atoms in total. The van der Waals surface area contributed by atoms with Crippen molar-refractivity contribution in [1.82, 2.24) is 4.90 Å². The second-order valence-electron chi connectivity index (χ2n) is 9.01. The Labute approximate surface area is 218 Å². The van der Waals surface area contributed by atoms with E-state index in [4.69, 9.17) is 14.2 Å². The SMILES string of the molecule is COc1cc(C(C#N)(CCCN(C)CCc2cccc(C(F)(F)F)c2)C(C)C)cc(OC)c1OC.Cl. The minimum absolute atomic E-state index is 0. The van der Waals surface area contributed by atoms with Crippen LogP contribution in [-0.4, -0.2) is 46.4 Å². The van der Waals surface area contributed by atoms with Gasteiger partial charge < -0.3 is 19.1 Å². The van der Waals surface area contributed by atoms with Crippen LogP contribution in [0.1, 0.15) is 43.4 Å². The smallest absolute Gasteiger partial charge is 0.416 e. The molecule has 2 aromatic carbocycles. The van der Waals surface area contributed by atoms with Crippen molar-refractivity contribution in [1.29, 1.82) is 5.26 Å². The average molecular weight is 529 g/mol. The molecule has 0 radical (unpaired) electrons. The Bertz CT molecular complexity index is 999.